The first-order chi connectivity index (χ1) is 8.66. The van der Waals surface area contributed by atoms with Gasteiger partial charge in [-0.1, -0.05) is 6.07 Å². The third kappa shape index (κ3) is 2.85. The van der Waals surface area contributed by atoms with Gasteiger partial charge < -0.3 is 11.1 Å². The van der Waals surface area contributed by atoms with Crippen LogP contribution >= 0.6 is 0 Å². The van der Waals surface area contributed by atoms with E-state index in [2.05, 4.69) is 15.5 Å². The normalized spacial score (nSPS) is 10.4. The summed E-state index contributed by atoms with van der Waals surface area (Å²) in [5, 5.41) is 10.4. The number of benzene rings is 1. The molecule has 0 aliphatic rings. The van der Waals surface area contributed by atoms with Gasteiger partial charge in [-0.2, -0.15) is 5.10 Å². The molecule has 6 heteroatoms. The van der Waals surface area contributed by atoms with E-state index in [1.54, 1.807) is 18.3 Å². The van der Waals surface area contributed by atoms with Gasteiger partial charge in [-0.15, -0.1) is 0 Å². The van der Waals surface area contributed by atoms with Crippen molar-refractivity contribution in [2.24, 2.45) is 5.73 Å². The summed E-state index contributed by atoms with van der Waals surface area (Å²) in [5.74, 6) is -0.529. The lowest BCUT2D eigenvalue weighted by Crippen LogP contribution is -2.25. The highest BCUT2D eigenvalue weighted by Crippen LogP contribution is 2.12. The Bertz CT molecular complexity index is 576. The standard InChI is InChI=1S/C12H14N4O2/c13-11(17)2-1-5-14-12(18)8-3-4-9-7-15-16-10(9)6-8/h3-4,6-7H,1-2,5H2,(H2,13,17)(H,14,18)(H,15,16). The molecule has 1 aromatic carbocycles. The zero-order valence-corrected chi connectivity index (χ0v) is 9.77. The highest BCUT2D eigenvalue weighted by atomic mass is 16.2. The Labute approximate surface area is 104 Å². The number of H-pyrrole nitrogens is 1. The number of aromatic amines is 1. The van der Waals surface area contributed by atoms with Crippen LogP contribution in [0.1, 0.15) is 23.2 Å². The summed E-state index contributed by atoms with van der Waals surface area (Å²) in [7, 11) is 0. The lowest BCUT2D eigenvalue weighted by molar-refractivity contribution is -0.118. The van der Waals surface area contributed by atoms with E-state index in [1.165, 1.54) is 0 Å². The van der Waals surface area contributed by atoms with Crippen LogP contribution in [0.2, 0.25) is 0 Å². The number of hydrogen-bond donors (Lipinski definition) is 3. The van der Waals surface area contributed by atoms with Gasteiger partial charge in [0, 0.05) is 23.9 Å². The Hall–Kier alpha value is -2.37. The number of carbonyl (C=O) groups is 2. The topological polar surface area (TPSA) is 101 Å². The molecule has 0 saturated carbocycles. The lowest BCUT2D eigenvalue weighted by atomic mass is 10.1. The zero-order valence-electron chi connectivity index (χ0n) is 9.77. The number of nitrogens with zero attached hydrogens (tertiary/aromatic N) is 1. The molecule has 0 spiro atoms. The van der Waals surface area contributed by atoms with Gasteiger partial charge in [-0.3, -0.25) is 14.7 Å². The molecule has 0 aliphatic carbocycles. The first kappa shape index (κ1) is 12.1. The number of fused-ring (bicyclic) bond motifs is 1. The van der Waals surface area contributed by atoms with Crippen molar-refractivity contribution in [1.29, 1.82) is 0 Å². The summed E-state index contributed by atoms with van der Waals surface area (Å²) in [5.41, 5.74) is 6.39. The van der Waals surface area contributed by atoms with Crippen LogP contribution in [0.15, 0.2) is 24.4 Å². The third-order valence-corrected chi connectivity index (χ3v) is 2.59. The summed E-state index contributed by atoms with van der Waals surface area (Å²) >= 11 is 0. The Kier molecular flexibility index (Phi) is 3.57. The summed E-state index contributed by atoms with van der Waals surface area (Å²) in [6.07, 6.45) is 2.52. The number of nitrogens with two attached hydrogens (primary N) is 1. The SMILES string of the molecule is NC(=O)CCCNC(=O)c1ccc2cn[nH]c2c1. The predicted molar refractivity (Wildman–Crippen MR) is 66.9 cm³/mol. The predicted octanol–water partition coefficient (Wildman–Crippen LogP) is 0.558. The van der Waals surface area contributed by atoms with Gasteiger partial charge in [-0.25, -0.2) is 0 Å². The molecule has 1 aromatic heterocycles. The summed E-state index contributed by atoms with van der Waals surface area (Å²) in [6.45, 7) is 0.433. The fourth-order valence-corrected chi connectivity index (χ4v) is 1.64. The van der Waals surface area contributed by atoms with Crippen LogP contribution in [0, 0.1) is 0 Å². The lowest BCUT2D eigenvalue weighted by Gasteiger charge is -2.04. The number of amides is 2. The van der Waals surface area contributed by atoms with Crippen molar-refractivity contribution in [3.8, 4) is 0 Å². The van der Waals surface area contributed by atoms with Crippen molar-refractivity contribution in [2.75, 3.05) is 6.54 Å². The molecule has 94 valence electrons. The van der Waals surface area contributed by atoms with Crippen LogP contribution in [0.3, 0.4) is 0 Å². The maximum Gasteiger partial charge on any atom is 0.251 e. The molecular formula is C12H14N4O2. The minimum atomic E-state index is -0.358. The van der Waals surface area contributed by atoms with Gasteiger partial charge in [0.15, 0.2) is 0 Å². The average Bonchev–Trinajstić information content (AvgIpc) is 2.81. The van der Waals surface area contributed by atoms with Gasteiger partial charge >= 0.3 is 0 Å². The van der Waals surface area contributed by atoms with Gasteiger partial charge in [0.05, 0.1) is 11.7 Å². The summed E-state index contributed by atoms with van der Waals surface area (Å²) in [4.78, 5) is 22.3. The number of nitrogens with one attached hydrogen (secondary N) is 2. The highest BCUT2D eigenvalue weighted by Gasteiger charge is 2.06. The second kappa shape index (κ2) is 5.31. The number of primary amides is 1. The molecule has 2 amide bonds. The van der Waals surface area contributed by atoms with Crippen molar-refractivity contribution in [3.05, 3.63) is 30.0 Å². The molecule has 6 nitrogen and oxygen atoms in total. The third-order valence-electron chi connectivity index (χ3n) is 2.59. The van der Waals surface area contributed by atoms with E-state index >= 15 is 0 Å². The number of hydrogen-bond acceptors (Lipinski definition) is 3. The van der Waals surface area contributed by atoms with Crippen LogP contribution in [0.5, 0.6) is 0 Å². The Morgan fingerprint density at radius 3 is 3.00 bits per heavy atom. The molecule has 0 unspecified atom stereocenters. The molecule has 0 radical (unpaired) electrons. The van der Waals surface area contributed by atoms with Crippen molar-refractivity contribution >= 4 is 22.7 Å². The minimum absolute atomic E-state index is 0.170. The molecule has 0 fully saturated rings. The first-order valence-corrected chi connectivity index (χ1v) is 5.66. The Morgan fingerprint density at radius 2 is 2.22 bits per heavy atom. The van der Waals surface area contributed by atoms with E-state index < -0.39 is 0 Å². The molecule has 0 aliphatic heterocycles. The van der Waals surface area contributed by atoms with Gasteiger partial charge in [0.2, 0.25) is 5.91 Å². The molecule has 2 aromatic rings. The molecule has 1 heterocycles. The second-order valence-corrected chi connectivity index (χ2v) is 4.00. The van der Waals surface area contributed by atoms with Crippen molar-refractivity contribution < 1.29 is 9.59 Å². The average molecular weight is 246 g/mol. The van der Waals surface area contributed by atoms with E-state index in [4.69, 9.17) is 5.73 Å². The molecule has 18 heavy (non-hydrogen) atoms. The van der Waals surface area contributed by atoms with Crippen LogP contribution in [-0.2, 0) is 4.79 Å². The first-order valence-electron chi connectivity index (χ1n) is 5.66. The number of carbonyl (C=O) groups excluding carboxylic acids is 2. The Balaban J connectivity index is 1.93. The van der Waals surface area contributed by atoms with Gasteiger partial charge in [-0.05, 0) is 18.6 Å². The maximum absolute atomic E-state index is 11.8. The number of rotatable bonds is 5. The van der Waals surface area contributed by atoms with Crippen LogP contribution in [-0.4, -0.2) is 28.6 Å². The zero-order chi connectivity index (χ0) is 13.0. The van der Waals surface area contributed by atoms with Crippen molar-refractivity contribution in [1.82, 2.24) is 15.5 Å². The quantitative estimate of drug-likeness (QED) is 0.672. The van der Waals surface area contributed by atoms with Crippen molar-refractivity contribution in [2.45, 2.75) is 12.8 Å². The molecule has 0 bridgehead atoms. The van der Waals surface area contributed by atoms with E-state index in [0.717, 1.165) is 10.9 Å². The summed E-state index contributed by atoms with van der Waals surface area (Å²) in [6, 6.07) is 5.31. The molecule has 0 saturated heterocycles. The highest BCUT2D eigenvalue weighted by molar-refractivity contribution is 5.97. The minimum Gasteiger partial charge on any atom is -0.370 e. The second-order valence-electron chi connectivity index (χ2n) is 4.00. The number of aromatic nitrogens is 2. The fraction of sp³-hybridized carbons (Fsp3) is 0.250. The summed E-state index contributed by atoms with van der Waals surface area (Å²) < 4.78 is 0. The smallest absolute Gasteiger partial charge is 0.251 e. The van der Waals surface area contributed by atoms with Crippen LogP contribution < -0.4 is 11.1 Å². The van der Waals surface area contributed by atoms with Crippen LogP contribution in [0.4, 0.5) is 0 Å². The van der Waals surface area contributed by atoms with E-state index in [9.17, 15) is 9.59 Å². The molecule has 4 N–H and O–H groups in total. The largest absolute Gasteiger partial charge is 0.370 e. The monoisotopic (exact) mass is 246 g/mol. The van der Waals surface area contributed by atoms with Gasteiger partial charge in [0.25, 0.3) is 5.91 Å². The van der Waals surface area contributed by atoms with E-state index in [-0.39, 0.29) is 18.2 Å². The van der Waals surface area contributed by atoms with Crippen LogP contribution in [0.25, 0.3) is 10.9 Å². The maximum atomic E-state index is 11.8. The van der Waals surface area contributed by atoms with Gasteiger partial charge in [0.1, 0.15) is 0 Å². The molecular weight excluding hydrogens is 232 g/mol. The molecule has 0 atom stereocenters. The van der Waals surface area contributed by atoms with E-state index in [1.807, 2.05) is 6.07 Å². The fourth-order valence-electron chi connectivity index (χ4n) is 1.64. The molecule has 2 rings (SSSR count). The van der Waals surface area contributed by atoms with Crippen molar-refractivity contribution in [3.63, 3.8) is 0 Å². The van der Waals surface area contributed by atoms with E-state index in [0.29, 0.717) is 18.5 Å². The Morgan fingerprint density at radius 1 is 1.39 bits per heavy atom.